The Labute approximate surface area is 206 Å². The fourth-order valence-electron chi connectivity index (χ4n) is 4.62. The van der Waals surface area contributed by atoms with Gasteiger partial charge < -0.3 is 30.0 Å². The summed E-state index contributed by atoms with van der Waals surface area (Å²) in [6, 6.07) is 5.58. The molecule has 0 saturated carbocycles. The Hall–Kier alpha value is -4.61. The number of rotatable bonds is 5. The number of aryl methyl sites for hydroxylation is 1. The van der Waals surface area contributed by atoms with Crippen LogP contribution in [-0.2, 0) is 22.3 Å². The van der Waals surface area contributed by atoms with Crippen LogP contribution in [0.4, 0.5) is 17.6 Å². The van der Waals surface area contributed by atoms with Crippen LogP contribution in [-0.4, -0.2) is 49.7 Å². The van der Waals surface area contributed by atoms with Crippen molar-refractivity contribution in [3.63, 3.8) is 0 Å². The summed E-state index contributed by atoms with van der Waals surface area (Å²) in [5.41, 5.74) is 9.70. The van der Waals surface area contributed by atoms with Crippen molar-refractivity contribution in [2.24, 2.45) is 0 Å². The van der Waals surface area contributed by atoms with Gasteiger partial charge in [-0.15, -0.1) is 5.10 Å². The number of nitrogens with two attached hydrogens (primary N) is 1. The molecule has 3 aromatic heterocycles. The Morgan fingerprint density at radius 1 is 1.06 bits per heavy atom. The molecule has 0 amide bonds. The number of fused-ring (bicyclic) bond motifs is 2. The molecule has 0 saturated heterocycles. The Morgan fingerprint density at radius 2 is 1.86 bits per heavy atom. The molecule has 0 unspecified atom stereocenters. The number of nitrogen functional groups attached to an aromatic ring is 1. The van der Waals surface area contributed by atoms with Crippen molar-refractivity contribution in [2.75, 3.05) is 25.3 Å². The van der Waals surface area contributed by atoms with Gasteiger partial charge in [-0.3, -0.25) is 4.98 Å². The Balaban J connectivity index is 1.32. The number of nitrogens with zero attached hydrogens (tertiary/aromatic N) is 6. The summed E-state index contributed by atoms with van der Waals surface area (Å²) in [6.45, 7) is 0. The second kappa shape index (κ2) is 8.56. The summed E-state index contributed by atoms with van der Waals surface area (Å²) in [5, 5.41) is 8.43. The zero-order valence-corrected chi connectivity index (χ0v) is 19.8. The molecule has 3 N–H and O–H groups in total. The Morgan fingerprint density at radius 3 is 2.67 bits per heavy atom. The standard InChI is InChI=1S/C24H24N8O4/c1-33-19-9-16-18(10-20(19)34-2)27-13-28-21(16)32-22(25)30-23(31-32)29-15-8-14-11-24(35-6-7-36-24)5-3-4-17(14)26-12-15/h6-10,12-13H,3-5,11H2,1-2H3,(H3,25,29,30,31). The van der Waals surface area contributed by atoms with E-state index in [1.165, 1.54) is 11.0 Å². The lowest BCUT2D eigenvalue weighted by molar-refractivity contribution is -0.144. The highest BCUT2D eigenvalue weighted by molar-refractivity contribution is 5.88. The van der Waals surface area contributed by atoms with E-state index in [-0.39, 0.29) is 5.95 Å². The van der Waals surface area contributed by atoms with E-state index in [4.69, 9.17) is 24.7 Å². The maximum absolute atomic E-state index is 6.23. The summed E-state index contributed by atoms with van der Waals surface area (Å²) in [5.74, 6) is 1.37. The van der Waals surface area contributed by atoms with E-state index in [2.05, 4.69) is 30.4 Å². The average Bonchev–Trinajstić information content (AvgIpc) is 3.44. The fourth-order valence-corrected chi connectivity index (χ4v) is 4.62. The number of anilines is 3. The van der Waals surface area contributed by atoms with Crippen LogP contribution in [0, 0.1) is 0 Å². The minimum Gasteiger partial charge on any atom is -0.493 e. The maximum atomic E-state index is 6.23. The van der Waals surface area contributed by atoms with E-state index >= 15 is 0 Å². The molecule has 1 aliphatic heterocycles. The van der Waals surface area contributed by atoms with Gasteiger partial charge in [0.25, 0.3) is 5.79 Å². The summed E-state index contributed by atoms with van der Waals surface area (Å²) >= 11 is 0. The summed E-state index contributed by atoms with van der Waals surface area (Å²) in [6.07, 6.45) is 9.58. The minimum atomic E-state index is -0.659. The molecule has 1 aliphatic carbocycles. The van der Waals surface area contributed by atoms with Crippen LogP contribution in [0.1, 0.15) is 24.1 Å². The first-order chi connectivity index (χ1) is 17.6. The van der Waals surface area contributed by atoms with Crippen molar-refractivity contribution in [3.8, 4) is 17.3 Å². The third-order valence-corrected chi connectivity index (χ3v) is 6.32. The predicted octanol–water partition coefficient (Wildman–Crippen LogP) is 3.04. The number of pyridine rings is 1. The van der Waals surface area contributed by atoms with E-state index in [0.717, 1.165) is 36.2 Å². The molecule has 36 heavy (non-hydrogen) atoms. The molecule has 184 valence electrons. The molecule has 0 bridgehead atoms. The van der Waals surface area contributed by atoms with Crippen molar-refractivity contribution >= 4 is 28.5 Å². The van der Waals surface area contributed by atoms with Crippen molar-refractivity contribution in [1.29, 1.82) is 0 Å². The number of ether oxygens (including phenoxy) is 4. The van der Waals surface area contributed by atoms with Crippen LogP contribution < -0.4 is 20.5 Å². The molecule has 2 aliphatic rings. The third-order valence-electron chi connectivity index (χ3n) is 6.32. The largest absolute Gasteiger partial charge is 0.493 e. The average molecular weight is 489 g/mol. The van der Waals surface area contributed by atoms with Gasteiger partial charge in [0.2, 0.25) is 11.9 Å². The summed E-state index contributed by atoms with van der Waals surface area (Å²) in [7, 11) is 3.14. The van der Waals surface area contributed by atoms with Gasteiger partial charge in [0, 0.05) is 23.6 Å². The van der Waals surface area contributed by atoms with Crippen molar-refractivity contribution < 1.29 is 18.9 Å². The van der Waals surface area contributed by atoms with Crippen LogP contribution in [0.2, 0.25) is 0 Å². The molecule has 4 aromatic rings. The lowest BCUT2D eigenvalue weighted by atomic mass is 10.0. The molecule has 12 nitrogen and oxygen atoms in total. The smallest absolute Gasteiger partial charge is 0.253 e. The summed E-state index contributed by atoms with van der Waals surface area (Å²) in [4.78, 5) is 17.8. The Bertz CT molecular complexity index is 1480. The lowest BCUT2D eigenvalue weighted by Gasteiger charge is -2.26. The quantitative estimate of drug-likeness (QED) is 0.427. The first-order valence-corrected chi connectivity index (χ1v) is 11.4. The van der Waals surface area contributed by atoms with Crippen LogP contribution in [0.3, 0.4) is 0 Å². The van der Waals surface area contributed by atoms with Gasteiger partial charge in [-0.1, -0.05) is 0 Å². The van der Waals surface area contributed by atoms with Crippen LogP contribution in [0.5, 0.6) is 11.5 Å². The first kappa shape index (κ1) is 21.9. The van der Waals surface area contributed by atoms with E-state index in [1.54, 1.807) is 45.1 Å². The SMILES string of the molecule is COc1cc2ncnc(-n3nc(Nc4cnc5c(c4)CC4(CCC5)OC=CO4)nc3N)c2cc1OC. The molecule has 6 rings (SSSR count). The van der Waals surface area contributed by atoms with Gasteiger partial charge in [-0.05, 0) is 30.5 Å². The first-order valence-electron chi connectivity index (χ1n) is 11.4. The number of hydrogen-bond acceptors (Lipinski definition) is 11. The summed E-state index contributed by atoms with van der Waals surface area (Å²) < 4.78 is 23.8. The molecule has 1 spiro atoms. The number of methoxy groups -OCH3 is 2. The van der Waals surface area contributed by atoms with Gasteiger partial charge >= 0.3 is 0 Å². The van der Waals surface area contributed by atoms with E-state index < -0.39 is 5.79 Å². The number of benzene rings is 1. The molecule has 1 aromatic carbocycles. The molecule has 0 radical (unpaired) electrons. The highest BCUT2D eigenvalue weighted by Crippen LogP contribution is 2.36. The lowest BCUT2D eigenvalue weighted by Crippen LogP contribution is -2.31. The highest BCUT2D eigenvalue weighted by Gasteiger charge is 2.38. The highest BCUT2D eigenvalue weighted by atomic mass is 16.7. The van der Waals surface area contributed by atoms with E-state index in [0.29, 0.717) is 40.6 Å². The zero-order valence-electron chi connectivity index (χ0n) is 19.8. The van der Waals surface area contributed by atoms with Gasteiger partial charge in [0.05, 0.1) is 38.0 Å². The minimum absolute atomic E-state index is 0.160. The molecule has 12 heteroatoms. The number of nitrogens with one attached hydrogen (secondary N) is 1. The van der Waals surface area contributed by atoms with Gasteiger partial charge in [0.1, 0.15) is 18.9 Å². The van der Waals surface area contributed by atoms with Crippen LogP contribution in [0.15, 0.2) is 43.2 Å². The molecule has 0 fully saturated rings. The zero-order chi connectivity index (χ0) is 24.7. The molecule has 0 atom stereocenters. The topological polar surface area (TPSA) is 144 Å². The molecular weight excluding hydrogens is 464 g/mol. The van der Waals surface area contributed by atoms with Crippen molar-refractivity contribution in [1.82, 2.24) is 29.7 Å². The van der Waals surface area contributed by atoms with E-state index in [1.807, 2.05) is 6.07 Å². The van der Waals surface area contributed by atoms with Gasteiger partial charge in [-0.2, -0.15) is 9.67 Å². The van der Waals surface area contributed by atoms with Crippen molar-refractivity contribution in [2.45, 2.75) is 31.5 Å². The second-order valence-corrected chi connectivity index (χ2v) is 8.53. The fraction of sp³-hybridized carbons (Fsp3) is 0.292. The monoisotopic (exact) mass is 488 g/mol. The maximum Gasteiger partial charge on any atom is 0.253 e. The van der Waals surface area contributed by atoms with Crippen molar-refractivity contribution in [3.05, 3.63) is 54.5 Å². The van der Waals surface area contributed by atoms with Gasteiger partial charge in [-0.25, -0.2) is 9.97 Å². The second-order valence-electron chi connectivity index (χ2n) is 8.53. The normalized spacial score (nSPS) is 15.7. The molecular formula is C24H24N8O4. The van der Waals surface area contributed by atoms with Gasteiger partial charge in [0.15, 0.2) is 17.3 Å². The van der Waals surface area contributed by atoms with Crippen LogP contribution >= 0.6 is 0 Å². The third kappa shape index (κ3) is 3.76. The number of aromatic nitrogens is 6. The Kier molecular flexibility index (Phi) is 5.20. The number of hydrogen-bond donors (Lipinski definition) is 2. The van der Waals surface area contributed by atoms with E-state index in [9.17, 15) is 0 Å². The molecule has 4 heterocycles. The predicted molar refractivity (Wildman–Crippen MR) is 130 cm³/mol. The van der Waals surface area contributed by atoms with Crippen LogP contribution in [0.25, 0.3) is 16.7 Å².